The topological polar surface area (TPSA) is 58.6 Å². The lowest BCUT2D eigenvalue weighted by atomic mass is 10.1. The molecule has 1 fully saturated rings. The SMILES string of the molecule is CC(C)NC(=O)c1ccc(OC[C@@H]2CCCN2C(=O)Cc2ccc(Cl)cc2)cc1. The highest BCUT2D eigenvalue weighted by Gasteiger charge is 2.29. The van der Waals surface area contributed by atoms with Crippen molar-refractivity contribution >= 4 is 23.4 Å². The van der Waals surface area contributed by atoms with Gasteiger partial charge >= 0.3 is 0 Å². The summed E-state index contributed by atoms with van der Waals surface area (Å²) in [7, 11) is 0. The van der Waals surface area contributed by atoms with E-state index in [9.17, 15) is 9.59 Å². The van der Waals surface area contributed by atoms with Gasteiger partial charge in [-0.1, -0.05) is 23.7 Å². The summed E-state index contributed by atoms with van der Waals surface area (Å²) in [6.07, 6.45) is 2.28. The summed E-state index contributed by atoms with van der Waals surface area (Å²) >= 11 is 5.91. The van der Waals surface area contributed by atoms with Crippen LogP contribution in [0.2, 0.25) is 5.02 Å². The Morgan fingerprint density at radius 1 is 1.14 bits per heavy atom. The number of ether oxygens (including phenoxy) is 1. The lowest BCUT2D eigenvalue weighted by Crippen LogP contribution is -2.39. The number of carbonyl (C=O) groups is 2. The van der Waals surface area contributed by atoms with Gasteiger partial charge in [-0.05, 0) is 68.7 Å². The number of amides is 2. The summed E-state index contributed by atoms with van der Waals surface area (Å²) in [5.74, 6) is 0.712. The largest absolute Gasteiger partial charge is 0.491 e. The van der Waals surface area contributed by atoms with Gasteiger partial charge in [-0.15, -0.1) is 0 Å². The van der Waals surface area contributed by atoms with Gasteiger partial charge in [0.15, 0.2) is 0 Å². The van der Waals surface area contributed by atoms with Gasteiger partial charge in [0.05, 0.1) is 12.5 Å². The third-order valence-electron chi connectivity index (χ3n) is 4.94. The second-order valence-corrected chi connectivity index (χ2v) is 8.09. The quantitative estimate of drug-likeness (QED) is 0.742. The van der Waals surface area contributed by atoms with E-state index in [-0.39, 0.29) is 23.9 Å². The van der Waals surface area contributed by atoms with Crippen molar-refractivity contribution in [2.75, 3.05) is 13.2 Å². The lowest BCUT2D eigenvalue weighted by molar-refractivity contribution is -0.131. The molecule has 1 atom stereocenters. The van der Waals surface area contributed by atoms with E-state index in [4.69, 9.17) is 16.3 Å². The lowest BCUT2D eigenvalue weighted by Gasteiger charge is -2.25. The van der Waals surface area contributed by atoms with Crippen molar-refractivity contribution in [2.45, 2.75) is 45.2 Å². The van der Waals surface area contributed by atoms with Gasteiger partial charge in [-0.2, -0.15) is 0 Å². The van der Waals surface area contributed by atoms with Crippen molar-refractivity contribution in [3.05, 3.63) is 64.7 Å². The van der Waals surface area contributed by atoms with Crippen molar-refractivity contribution in [3.63, 3.8) is 0 Å². The minimum absolute atomic E-state index is 0.0683. The van der Waals surface area contributed by atoms with Gasteiger partial charge in [-0.3, -0.25) is 9.59 Å². The van der Waals surface area contributed by atoms with Gasteiger partial charge in [0.1, 0.15) is 12.4 Å². The standard InChI is InChI=1S/C23H27ClN2O3/c1-16(2)25-23(28)18-7-11-21(12-8-18)29-15-20-4-3-13-26(20)22(27)14-17-5-9-19(24)10-6-17/h5-12,16,20H,3-4,13-15H2,1-2H3,(H,25,28)/t20-/m0/s1. The number of hydrogen-bond donors (Lipinski definition) is 1. The Labute approximate surface area is 177 Å². The molecule has 0 bridgehead atoms. The average molecular weight is 415 g/mol. The van der Waals surface area contributed by atoms with Crippen molar-refractivity contribution in [2.24, 2.45) is 0 Å². The molecule has 1 aliphatic heterocycles. The van der Waals surface area contributed by atoms with Crippen molar-refractivity contribution < 1.29 is 14.3 Å². The van der Waals surface area contributed by atoms with Gasteiger partial charge in [0.25, 0.3) is 5.91 Å². The Hall–Kier alpha value is -2.53. The normalized spacial score (nSPS) is 16.1. The maximum atomic E-state index is 12.7. The zero-order chi connectivity index (χ0) is 20.8. The molecule has 2 aromatic rings. The van der Waals surface area contributed by atoms with E-state index < -0.39 is 0 Å². The first-order chi connectivity index (χ1) is 13.9. The van der Waals surface area contributed by atoms with Crippen LogP contribution in [0.5, 0.6) is 5.75 Å². The maximum absolute atomic E-state index is 12.7. The number of hydrogen-bond acceptors (Lipinski definition) is 3. The molecule has 154 valence electrons. The van der Waals surface area contributed by atoms with Crippen molar-refractivity contribution in [1.82, 2.24) is 10.2 Å². The molecule has 2 aromatic carbocycles. The molecular formula is C23H27ClN2O3. The van der Waals surface area contributed by atoms with Gasteiger partial charge < -0.3 is 15.0 Å². The third-order valence-corrected chi connectivity index (χ3v) is 5.20. The van der Waals surface area contributed by atoms with Crippen molar-refractivity contribution in [1.29, 1.82) is 0 Å². The maximum Gasteiger partial charge on any atom is 0.251 e. The van der Waals surface area contributed by atoms with Crippen LogP contribution >= 0.6 is 11.6 Å². The van der Waals surface area contributed by atoms with E-state index in [0.717, 1.165) is 24.9 Å². The van der Waals surface area contributed by atoms with Crippen LogP contribution in [0.15, 0.2) is 48.5 Å². The van der Waals surface area contributed by atoms with E-state index in [1.807, 2.05) is 30.9 Å². The molecule has 1 aliphatic rings. The zero-order valence-electron chi connectivity index (χ0n) is 16.9. The molecule has 2 amide bonds. The molecule has 29 heavy (non-hydrogen) atoms. The summed E-state index contributed by atoms with van der Waals surface area (Å²) in [5.41, 5.74) is 1.56. The number of carbonyl (C=O) groups excluding carboxylic acids is 2. The molecule has 0 radical (unpaired) electrons. The molecule has 5 nitrogen and oxygen atoms in total. The van der Waals surface area contributed by atoms with E-state index >= 15 is 0 Å². The molecular weight excluding hydrogens is 388 g/mol. The Bertz CT molecular complexity index is 834. The second kappa shape index (κ2) is 9.79. The van der Waals surface area contributed by atoms with Gasteiger partial charge in [-0.25, -0.2) is 0 Å². The molecule has 0 unspecified atom stereocenters. The molecule has 3 rings (SSSR count). The van der Waals surface area contributed by atoms with Crippen LogP contribution in [0.1, 0.15) is 42.6 Å². The predicted octanol–water partition coefficient (Wildman–Crippen LogP) is 4.09. The Morgan fingerprint density at radius 2 is 1.83 bits per heavy atom. The number of nitrogens with one attached hydrogen (secondary N) is 1. The van der Waals surface area contributed by atoms with E-state index in [0.29, 0.717) is 29.4 Å². The number of rotatable bonds is 7. The summed E-state index contributed by atoms with van der Waals surface area (Å²) in [6, 6.07) is 14.7. The first-order valence-electron chi connectivity index (χ1n) is 10.00. The molecule has 1 heterocycles. The highest BCUT2D eigenvalue weighted by molar-refractivity contribution is 6.30. The van der Waals surface area contributed by atoms with E-state index in [2.05, 4.69) is 5.32 Å². The van der Waals surface area contributed by atoms with Gasteiger partial charge in [0.2, 0.25) is 5.91 Å². The molecule has 0 aliphatic carbocycles. The van der Waals surface area contributed by atoms with Gasteiger partial charge in [0, 0.05) is 23.2 Å². The molecule has 0 aromatic heterocycles. The summed E-state index contributed by atoms with van der Waals surface area (Å²) < 4.78 is 5.91. The highest BCUT2D eigenvalue weighted by atomic mass is 35.5. The first kappa shape index (κ1) is 21.2. The zero-order valence-corrected chi connectivity index (χ0v) is 17.6. The van der Waals surface area contributed by atoms with Crippen LogP contribution in [0.4, 0.5) is 0 Å². The van der Waals surface area contributed by atoms with Crippen LogP contribution in [-0.4, -0.2) is 41.9 Å². The summed E-state index contributed by atoms with van der Waals surface area (Å²) in [4.78, 5) is 26.7. The van der Waals surface area contributed by atoms with E-state index in [1.54, 1.807) is 36.4 Å². The smallest absolute Gasteiger partial charge is 0.251 e. The Balaban J connectivity index is 1.53. The minimum Gasteiger partial charge on any atom is -0.491 e. The van der Waals surface area contributed by atoms with Crippen LogP contribution in [0, 0.1) is 0 Å². The number of benzene rings is 2. The second-order valence-electron chi connectivity index (χ2n) is 7.65. The minimum atomic E-state index is -0.0960. The van der Waals surface area contributed by atoms with Crippen molar-refractivity contribution in [3.8, 4) is 5.75 Å². The van der Waals surface area contributed by atoms with Crippen LogP contribution in [0.3, 0.4) is 0 Å². The molecule has 1 N–H and O–H groups in total. The van der Waals surface area contributed by atoms with Crippen LogP contribution in [-0.2, 0) is 11.2 Å². The first-order valence-corrected chi connectivity index (χ1v) is 10.4. The molecule has 0 saturated carbocycles. The Morgan fingerprint density at radius 3 is 2.48 bits per heavy atom. The number of halogens is 1. The molecule has 1 saturated heterocycles. The predicted molar refractivity (Wildman–Crippen MR) is 114 cm³/mol. The van der Waals surface area contributed by atoms with Crippen LogP contribution in [0.25, 0.3) is 0 Å². The Kier molecular flexibility index (Phi) is 7.15. The fourth-order valence-electron chi connectivity index (χ4n) is 3.46. The van der Waals surface area contributed by atoms with Crippen LogP contribution < -0.4 is 10.1 Å². The number of nitrogens with zero attached hydrogens (tertiary/aromatic N) is 1. The summed E-state index contributed by atoms with van der Waals surface area (Å²) in [6.45, 7) is 5.06. The monoisotopic (exact) mass is 414 g/mol. The van der Waals surface area contributed by atoms with E-state index in [1.165, 1.54) is 0 Å². The summed E-state index contributed by atoms with van der Waals surface area (Å²) in [5, 5.41) is 3.53. The third kappa shape index (κ3) is 5.97. The number of likely N-dealkylation sites (tertiary alicyclic amines) is 1. The highest BCUT2D eigenvalue weighted by Crippen LogP contribution is 2.21. The molecule has 6 heteroatoms. The fraction of sp³-hybridized carbons (Fsp3) is 0.391. The molecule has 0 spiro atoms. The average Bonchev–Trinajstić information content (AvgIpc) is 3.17. The fourth-order valence-corrected chi connectivity index (χ4v) is 3.58.